The van der Waals surface area contributed by atoms with Crippen LogP contribution in [0, 0.1) is 0 Å². The second-order valence-corrected chi connectivity index (χ2v) is 4.49. The number of aryl methyl sites for hydroxylation is 1. The molecule has 0 saturated carbocycles. The Morgan fingerprint density at radius 3 is 2.74 bits per heavy atom. The highest BCUT2D eigenvalue weighted by molar-refractivity contribution is 5.72. The van der Waals surface area contributed by atoms with Crippen molar-refractivity contribution in [3.8, 4) is 17.0 Å². The fraction of sp³-hybridized carbons (Fsp3) is 0.400. The number of hydrogen-bond donors (Lipinski definition) is 1. The maximum Gasteiger partial charge on any atom is 0.131 e. The molecule has 4 heteroatoms. The van der Waals surface area contributed by atoms with E-state index in [-0.39, 0.29) is 0 Å². The minimum absolute atomic E-state index is 0.735. The van der Waals surface area contributed by atoms with Gasteiger partial charge in [0.2, 0.25) is 0 Å². The Morgan fingerprint density at radius 1 is 1.32 bits per heavy atom. The van der Waals surface area contributed by atoms with Crippen LogP contribution in [0.5, 0.6) is 5.75 Å². The van der Waals surface area contributed by atoms with E-state index < -0.39 is 0 Å². The largest absolute Gasteiger partial charge is 0.497 e. The lowest BCUT2D eigenvalue weighted by atomic mass is 10.1. The number of methoxy groups -OCH3 is 1. The third-order valence-electron chi connectivity index (χ3n) is 3.22. The molecule has 2 N–H and O–H groups in total. The number of nitrogens with zero attached hydrogens (tertiary/aromatic N) is 2. The van der Waals surface area contributed by atoms with Gasteiger partial charge < -0.3 is 15.0 Å². The quantitative estimate of drug-likeness (QED) is 0.897. The molecule has 0 unspecified atom stereocenters. The fourth-order valence-corrected chi connectivity index (χ4v) is 2.26. The summed E-state index contributed by atoms with van der Waals surface area (Å²) in [6, 6.07) is 7.85. The van der Waals surface area contributed by atoms with Crippen molar-refractivity contribution in [2.24, 2.45) is 0 Å². The molecule has 0 bridgehead atoms. The molecule has 2 aromatic rings. The van der Waals surface area contributed by atoms with Gasteiger partial charge in [-0.15, -0.1) is 0 Å². The topological polar surface area (TPSA) is 53.1 Å². The van der Waals surface area contributed by atoms with Crippen LogP contribution in [0.2, 0.25) is 0 Å². The average Bonchev–Trinajstić information content (AvgIpc) is 2.75. The van der Waals surface area contributed by atoms with Crippen LogP contribution >= 0.6 is 0 Å². The number of hydrogen-bond acceptors (Lipinski definition) is 3. The van der Waals surface area contributed by atoms with Crippen molar-refractivity contribution in [3.63, 3.8) is 0 Å². The molecule has 4 nitrogen and oxygen atoms in total. The van der Waals surface area contributed by atoms with Crippen LogP contribution in [0.15, 0.2) is 24.3 Å². The highest BCUT2D eigenvalue weighted by atomic mass is 16.5. The normalized spacial score (nSPS) is 10.7. The number of aromatic nitrogens is 2. The SMILES string of the molecule is CCCc1nc(-c2cccc(OC)c2)c(N)n1CC. The summed E-state index contributed by atoms with van der Waals surface area (Å²) >= 11 is 0. The zero-order chi connectivity index (χ0) is 13.8. The van der Waals surface area contributed by atoms with Gasteiger partial charge in [0.05, 0.1) is 7.11 Å². The number of benzene rings is 1. The van der Waals surface area contributed by atoms with Crippen molar-refractivity contribution in [1.82, 2.24) is 9.55 Å². The molecule has 2 rings (SSSR count). The number of nitrogens with two attached hydrogens (primary N) is 1. The molecule has 0 aliphatic heterocycles. The zero-order valence-corrected chi connectivity index (χ0v) is 11.8. The van der Waals surface area contributed by atoms with Crippen LogP contribution in [0.1, 0.15) is 26.1 Å². The van der Waals surface area contributed by atoms with Gasteiger partial charge >= 0.3 is 0 Å². The number of imidazole rings is 1. The molecule has 0 aliphatic carbocycles. The summed E-state index contributed by atoms with van der Waals surface area (Å²) in [7, 11) is 1.66. The van der Waals surface area contributed by atoms with Gasteiger partial charge in [0, 0.05) is 18.5 Å². The van der Waals surface area contributed by atoms with Crippen molar-refractivity contribution in [2.45, 2.75) is 33.2 Å². The molecule has 1 aromatic carbocycles. The maximum atomic E-state index is 6.23. The van der Waals surface area contributed by atoms with Gasteiger partial charge in [-0.1, -0.05) is 19.1 Å². The monoisotopic (exact) mass is 259 g/mol. The van der Waals surface area contributed by atoms with Crippen molar-refractivity contribution in [1.29, 1.82) is 0 Å². The average molecular weight is 259 g/mol. The zero-order valence-electron chi connectivity index (χ0n) is 11.8. The Bertz CT molecular complexity index is 561. The number of nitrogen functional groups attached to an aromatic ring is 1. The third kappa shape index (κ3) is 2.57. The summed E-state index contributed by atoms with van der Waals surface area (Å²) in [5, 5.41) is 0. The molecule has 0 atom stereocenters. The van der Waals surface area contributed by atoms with E-state index in [1.807, 2.05) is 24.3 Å². The Hall–Kier alpha value is -1.97. The number of ether oxygens (including phenoxy) is 1. The van der Waals surface area contributed by atoms with E-state index in [2.05, 4.69) is 18.4 Å². The number of rotatable bonds is 5. The Morgan fingerprint density at radius 2 is 2.11 bits per heavy atom. The summed E-state index contributed by atoms with van der Waals surface area (Å²) in [5.74, 6) is 2.61. The minimum Gasteiger partial charge on any atom is -0.497 e. The Labute approximate surface area is 114 Å². The van der Waals surface area contributed by atoms with Crippen molar-refractivity contribution < 1.29 is 4.74 Å². The summed E-state index contributed by atoms with van der Waals surface area (Å²) < 4.78 is 7.33. The molecule has 1 heterocycles. The van der Waals surface area contributed by atoms with E-state index in [0.29, 0.717) is 0 Å². The smallest absolute Gasteiger partial charge is 0.131 e. The second kappa shape index (κ2) is 5.78. The van der Waals surface area contributed by atoms with Crippen molar-refractivity contribution in [3.05, 3.63) is 30.1 Å². The lowest BCUT2D eigenvalue weighted by Crippen LogP contribution is -2.05. The molecule has 1 aromatic heterocycles. The maximum absolute atomic E-state index is 6.23. The van der Waals surface area contributed by atoms with Gasteiger partial charge in [-0.05, 0) is 25.5 Å². The summed E-state index contributed by atoms with van der Waals surface area (Å²) in [4.78, 5) is 4.70. The fourth-order valence-electron chi connectivity index (χ4n) is 2.26. The molecular formula is C15H21N3O. The first-order valence-electron chi connectivity index (χ1n) is 6.70. The van der Waals surface area contributed by atoms with Crippen molar-refractivity contribution >= 4 is 5.82 Å². The van der Waals surface area contributed by atoms with E-state index in [9.17, 15) is 0 Å². The van der Waals surface area contributed by atoms with Crippen LogP contribution in [-0.4, -0.2) is 16.7 Å². The van der Waals surface area contributed by atoms with E-state index in [1.54, 1.807) is 7.11 Å². The molecule has 0 fully saturated rings. The van der Waals surface area contributed by atoms with E-state index in [1.165, 1.54) is 0 Å². The van der Waals surface area contributed by atoms with Gasteiger partial charge in [0.25, 0.3) is 0 Å². The predicted molar refractivity (Wildman–Crippen MR) is 78.3 cm³/mol. The van der Waals surface area contributed by atoms with Gasteiger partial charge in [-0.3, -0.25) is 0 Å². The van der Waals surface area contributed by atoms with E-state index in [4.69, 9.17) is 15.5 Å². The predicted octanol–water partition coefficient (Wildman–Crippen LogP) is 3.11. The molecule has 0 aliphatic rings. The summed E-state index contributed by atoms with van der Waals surface area (Å²) in [6.07, 6.45) is 2.01. The van der Waals surface area contributed by atoms with Crippen LogP contribution in [0.3, 0.4) is 0 Å². The van der Waals surface area contributed by atoms with Crippen LogP contribution in [0.4, 0.5) is 5.82 Å². The third-order valence-corrected chi connectivity index (χ3v) is 3.22. The van der Waals surface area contributed by atoms with Gasteiger partial charge in [-0.25, -0.2) is 4.98 Å². The Kier molecular flexibility index (Phi) is 4.10. The highest BCUT2D eigenvalue weighted by Gasteiger charge is 2.14. The van der Waals surface area contributed by atoms with E-state index in [0.717, 1.165) is 48.0 Å². The Balaban J connectivity index is 2.49. The lowest BCUT2D eigenvalue weighted by Gasteiger charge is -2.06. The van der Waals surface area contributed by atoms with Crippen LogP contribution in [0.25, 0.3) is 11.3 Å². The highest BCUT2D eigenvalue weighted by Crippen LogP contribution is 2.29. The first-order chi connectivity index (χ1) is 9.21. The van der Waals surface area contributed by atoms with Gasteiger partial charge in [-0.2, -0.15) is 0 Å². The first-order valence-corrected chi connectivity index (χ1v) is 6.70. The first kappa shape index (κ1) is 13.5. The molecule has 19 heavy (non-hydrogen) atoms. The molecule has 0 radical (unpaired) electrons. The van der Waals surface area contributed by atoms with E-state index >= 15 is 0 Å². The minimum atomic E-state index is 0.735. The molecule has 0 saturated heterocycles. The number of anilines is 1. The molecule has 0 spiro atoms. The van der Waals surface area contributed by atoms with Gasteiger partial charge in [0.1, 0.15) is 23.1 Å². The standard InChI is InChI=1S/C15H21N3O/c1-4-7-13-17-14(15(16)18(13)5-2)11-8-6-9-12(10-11)19-3/h6,8-10H,4-5,7,16H2,1-3H3. The molecule has 102 valence electrons. The summed E-state index contributed by atoms with van der Waals surface area (Å²) in [5.41, 5.74) is 8.08. The van der Waals surface area contributed by atoms with Gasteiger partial charge in [0.15, 0.2) is 0 Å². The van der Waals surface area contributed by atoms with Crippen LogP contribution in [-0.2, 0) is 13.0 Å². The second-order valence-electron chi connectivity index (χ2n) is 4.49. The molecule has 0 amide bonds. The summed E-state index contributed by atoms with van der Waals surface area (Å²) in [6.45, 7) is 5.08. The molecular weight excluding hydrogens is 238 g/mol. The van der Waals surface area contributed by atoms with Crippen molar-refractivity contribution in [2.75, 3.05) is 12.8 Å². The lowest BCUT2D eigenvalue weighted by molar-refractivity contribution is 0.415. The van der Waals surface area contributed by atoms with Crippen LogP contribution < -0.4 is 10.5 Å².